The van der Waals surface area contributed by atoms with Gasteiger partial charge in [-0.3, -0.25) is 46.8 Å². The summed E-state index contributed by atoms with van der Waals surface area (Å²) in [5.74, 6) is -1.000. The fourth-order valence-electron chi connectivity index (χ4n) is 1.29. The first-order chi connectivity index (χ1) is 20.2. The van der Waals surface area contributed by atoms with Gasteiger partial charge in [-0.2, -0.15) is 30.6 Å². The largest absolute Gasteiger partial charge is 0.370 e. The molecule has 0 spiro atoms. The average molecular weight is 839 g/mol. The Kier molecular flexibility index (Phi) is 94.2. The van der Waals surface area contributed by atoms with Crippen LogP contribution < -0.4 is 34.4 Å². The molecule has 0 fully saturated rings. The van der Waals surface area contributed by atoms with Crippen molar-refractivity contribution in [3.8, 4) is 0 Å². The van der Waals surface area contributed by atoms with E-state index >= 15 is 0 Å². The number of nitrogens with zero attached hydrogens (tertiary/aromatic N) is 6. The van der Waals surface area contributed by atoms with E-state index < -0.39 is 0 Å². The minimum absolute atomic E-state index is 0. The van der Waals surface area contributed by atoms with Crippen LogP contribution in [0.5, 0.6) is 0 Å². The number of hydrogen-bond acceptors (Lipinski definition) is 9. The van der Waals surface area contributed by atoms with Crippen LogP contribution in [0.2, 0.25) is 0 Å². The molecule has 21 N–H and O–H groups in total. The Morgan fingerprint density at radius 1 is 0.347 bits per heavy atom. The van der Waals surface area contributed by atoms with Gasteiger partial charge in [0.1, 0.15) is 0 Å². The maximum absolute atomic E-state index is 6.06. The van der Waals surface area contributed by atoms with Gasteiger partial charge in [0.25, 0.3) is 0 Å². The van der Waals surface area contributed by atoms with Gasteiger partial charge in [0.15, 0.2) is 17.9 Å². The summed E-state index contributed by atoms with van der Waals surface area (Å²) in [6.45, 7) is 0. The molecule has 21 nitrogen and oxygen atoms in total. The molecule has 6 aromatic heterocycles. The molecule has 0 saturated carbocycles. The van der Waals surface area contributed by atoms with Crippen molar-refractivity contribution in [2.24, 2.45) is 34.4 Å². The van der Waals surface area contributed by atoms with E-state index in [0.29, 0.717) is 0 Å². The second-order valence-corrected chi connectivity index (χ2v) is 5.96. The Balaban J connectivity index is -0.0000000430. The molecule has 0 aliphatic rings. The SMILES string of the molecule is Cl.N=C(N)N.N=C(N)N.N=C(N)N.[B].[B].[B].[B].[B].[Dy].c1cn[nH]c1.c1cn[nH]c1.c1cn[nH]c1.c1cn[nH]c1.c1cn[nH]c1.c1cn[nH]c1. The third kappa shape index (κ3) is 116. The molecule has 0 aliphatic carbocycles. The molecule has 28 heteroatoms. The van der Waals surface area contributed by atoms with Gasteiger partial charge in [-0.1, -0.05) is 0 Å². The standard InChI is InChI=1S/6C3H4N2.3CH5N3.5B.ClH.Dy/c6*1-2-4-5-3-1;3*2-1(3)4;;;;;;;/h6*1-3H,(H,4,5);3*(H5,2,3,4);;;;;;1H;. The van der Waals surface area contributed by atoms with Crippen LogP contribution in [0.4, 0.5) is 0 Å². The molecule has 0 saturated heterocycles. The van der Waals surface area contributed by atoms with Crippen LogP contribution in [0.15, 0.2) is 111 Å². The summed E-state index contributed by atoms with van der Waals surface area (Å²) in [6.07, 6.45) is 20.8. The van der Waals surface area contributed by atoms with Crippen LogP contribution in [0.1, 0.15) is 0 Å². The van der Waals surface area contributed by atoms with E-state index in [1.54, 1.807) is 74.4 Å². The normalized spacial score (nSPS) is 6.37. The Labute approximate surface area is 331 Å². The number of H-pyrrole nitrogens is 6. The minimum Gasteiger partial charge on any atom is -0.370 e. The zero-order chi connectivity index (χ0) is 31.9. The molecule has 261 valence electrons. The fraction of sp³-hybridized carbons (Fsp3) is 0. The Morgan fingerprint density at radius 3 is 0.469 bits per heavy atom. The molecule has 0 bridgehead atoms. The van der Waals surface area contributed by atoms with Gasteiger partial charge in [-0.25, -0.2) is 0 Å². The first-order valence-electron chi connectivity index (χ1n) is 11.1. The number of hydrogen-bond donors (Lipinski definition) is 15. The molecule has 49 heavy (non-hydrogen) atoms. The molecule has 6 rings (SSSR count). The van der Waals surface area contributed by atoms with Gasteiger partial charge >= 0.3 is 0 Å². The Hall–Kier alpha value is -5.04. The number of guanidine groups is 3. The number of rotatable bonds is 0. The van der Waals surface area contributed by atoms with Crippen molar-refractivity contribution in [1.29, 1.82) is 16.2 Å². The monoisotopic (exact) mass is 840 g/mol. The van der Waals surface area contributed by atoms with Crippen molar-refractivity contribution in [2.45, 2.75) is 0 Å². The van der Waals surface area contributed by atoms with Crippen molar-refractivity contribution in [2.75, 3.05) is 0 Å². The van der Waals surface area contributed by atoms with E-state index in [1.165, 1.54) is 0 Å². The van der Waals surface area contributed by atoms with Gasteiger partial charge in [-0.15, -0.1) is 12.4 Å². The van der Waals surface area contributed by atoms with Crippen LogP contribution in [-0.2, 0) is 0 Å². The van der Waals surface area contributed by atoms with Crippen LogP contribution in [-0.4, -0.2) is 121 Å². The van der Waals surface area contributed by atoms with Gasteiger partial charge in [0.05, 0.1) is 0 Å². The Morgan fingerprint density at radius 2 is 0.449 bits per heavy atom. The predicted molar refractivity (Wildman–Crippen MR) is 196 cm³/mol. The van der Waals surface area contributed by atoms with Crippen LogP contribution in [0.25, 0.3) is 0 Å². The molecular formula is C21H40B5ClDyN21. The second kappa shape index (κ2) is 65.6. The maximum atomic E-state index is 6.06. The zero-order valence-electron chi connectivity index (χ0n) is 26.2. The minimum atomic E-state index is -0.333. The summed E-state index contributed by atoms with van der Waals surface area (Å²) < 4.78 is 0. The van der Waals surface area contributed by atoms with Crippen LogP contribution in [0, 0.1) is 54.4 Å². The van der Waals surface area contributed by atoms with Crippen molar-refractivity contribution < 1.29 is 38.2 Å². The number of nitrogens with two attached hydrogens (primary N) is 6. The topological polar surface area (TPSA) is 400 Å². The maximum Gasteiger partial charge on any atom is 0.183 e. The molecule has 0 amide bonds. The molecule has 0 aliphatic heterocycles. The molecule has 6 aromatic rings. The number of halogens is 1. The summed E-state index contributed by atoms with van der Waals surface area (Å²) in [5.41, 5.74) is 26.8. The van der Waals surface area contributed by atoms with Crippen molar-refractivity contribution in [3.63, 3.8) is 0 Å². The Bertz CT molecular complexity index is 853. The molecular weight excluding hydrogens is 798 g/mol. The van der Waals surface area contributed by atoms with E-state index in [1.807, 2.05) is 36.4 Å². The van der Waals surface area contributed by atoms with E-state index in [0.717, 1.165) is 0 Å². The molecule has 6 heterocycles. The van der Waals surface area contributed by atoms with Crippen molar-refractivity contribution in [1.82, 2.24) is 61.2 Å². The fourth-order valence-corrected chi connectivity index (χ4v) is 1.29. The summed E-state index contributed by atoms with van der Waals surface area (Å²) >= 11 is 0. The van der Waals surface area contributed by atoms with Crippen LogP contribution >= 0.6 is 12.4 Å². The van der Waals surface area contributed by atoms with Gasteiger partial charge in [-0.05, 0) is 36.4 Å². The molecule has 15 radical (unpaired) electrons. The molecule has 0 atom stereocenters. The van der Waals surface area contributed by atoms with Gasteiger partial charge in [0.2, 0.25) is 0 Å². The van der Waals surface area contributed by atoms with E-state index in [9.17, 15) is 0 Å². The van der Waals surface area contributed by atoms with E-state index in [-0.39, 0.29) is 111 Å². The summed E-state index contributed by atoms with van der Waals surface area (Å²) in [7, 11) is 0. The third-order valence-corrected chi connectivity index (χ3v) is 2.44. The van der Waals surface area contributed by atoms with Crippen molar-refractivity contribution >= 4 is 72.4 Å². The number of aromatic amines is 6. The van der Waals surface area contributed by atoms with Crippen LogP contribution in [0.3, 0.4) is 0 Å². The molecule has 0 aromatic carbocycles. The first-order valence-corrected chi connectivity index (χ1v) is 11.1. The average Bonchev–Trinajstić information content (AvgIpc) is 3.86. The zero-order valence-corrected chi connectivity index (χ0v) is 29.0. The smallest absolute Gasteiger partial charge is 0.183 e. The first kappa shape index (κ1) is 70.3. The number of nitrogens with one attached hydrogen (secondary N) is 9. The van der Waals surface area contributed by atoms with Gasteiger partial charge < -0.3 is 34.4 Å². The summed E-state index contributed by atoms with van der Waals surface area (Å²) in [4.78, 5) is 0. The van der Waals surface area contributed by atoms with E-state index in [4.69, 9.17) is 16.2 Å². The third-order valence-electron chi connectivity index (χ3n) is 2.44. The number of aromatic nitrogens is 12. The predicted octanol–water partition coefficient (Wildman–Crippen LogP) is -2.51. The summed E-state index contributed by atoms with van der Waals surface area (Å²) in [6, 6.07) is 11.0. The quantitative estimate of drug-likeness (QED) is 0.0429. The summed E-state index contributed by atoms with van der Waals surface area (Å²) in [5, 5.41) is 55.4. The van der Waals surface area contributed by atoms with E-state index in [2.05, 4.69) is 95.6 Å². The molecule has 0 unspecified atom stereocenters. The van der Waals surface area contributed by atoms with Gasteiger partial charge in [0, 0.05) is 155 Å². The van der Waals surface area contributed by atoms with Crippen molar-refractivity contribution in [3.05, 3.63) is 111 Å². The second-order valence-electron chi connectivity index (χ2n) is 5.96.